The predicted octanol–water partition coefficient (Wildman–Crippen LogP) is 12.2. The molecule has 6 aromatic rings. The molecule has 6 heterocycles. The van der Waals surface area contributed by atoms with Gasteiger partial charge < -0.3 is 19.6 Å². The molecule has 0 saturated carbocycles. The fourth-order valence-corrected chi connectivity index (χ4v) is 11.5. The standard InChI is InChI=1S/C25H23ClF6N4O3S.C24H21ClF6N4O3S/c1-13-7-18(11-20(38)39-2)34-36(13)12-19(37)35-5-3-14(4-6-35)23-33-21(22(26)40-23)15-8-16(24(27,28)29)10-17(9-15)25(30,31)32;1-12-6-17(10-19(37)38)33-35(12)11-18(36)34-4-2-13(3-5-34)22-32-20(21(25)39-22)14-7-15(23(26,27)28)9-16(8-14)24(29,30)31/h7-10,14H,3-6,11-12H2,1-2H3;6-9,13H,2-5,10-11H2,1H3,(H,37,38). The van der Waals surface area contributed by atoms with E-state index in [0.717, 1.165) is 22.7 Å². The van der Waals surface area contributed by atoms with Crippen molar-refractivity contribution in [2.45, 2.75) is 102 Å². The number of esters is 1. The first-order chi connectivity index (χ1) is 36.8. The van der Waals surface area contributed by atoms with Crippen molar-refractivity contribution in [3.8, 4) is 22.5 Å². The summed E-state index contributed by atoms with van der Waals surface area (Å²) in [6, 6.07) is 5.81. The van der Waals surface area contributed by atoms with Crippen molar-refractivity contribution >= 4 is 69.6 Å². The third kappa shape index (κ3) is 15.2. The fourth-order valence-electron chi connectivity index (χ4n) is 8.76. The van der Waals surface area contributed by atoms with Crippen LogP contribution in [0.1, 0.15) is 92.6 Å². The van der Waals surface area contributed by atoms with Crippen LogP contribution in [-0.2, 0) is 74.6 Å². The van der Waals surface area contributed by atoms with E-state index in [-0.39, 0.29) is 92.9 Å². The highest BCUT2D eigenvalue weighted by Gasteiger charge is 2.40. The summed E-state index contributed by atoms with van der Waals surface area (Å²) in [7, 11) is 1.27. The van der Waals surface area contributed by atoms with E-state index in [2.05, 4.69) is 24.9 Å². The van der Waals surface area contributed by atoms with Gasteiger partial charge in [0.25, 0.3) is 0 Å². The van der Waals surface area contributed by atoms with Crippen LogP contribution in [0.5, 0.6) is 0 Å². The van der Waals surface area contributed by atoms with Crippen LogP contribution < -0.4 is 0 Å². The molecular formula is C49H44Cl2F12N8O6S2. The lowest BCUT2D eigenvalue weighted by atomic mass is 9.97. The zero-order valence-electron chi connectivity index (χ0n) is 41.4. The number of aryl methyl sites for hydroxylation is 2. The minimum Gasteiger partial charge on any atom is -0.481 e. The maximum Gasteiger partial charge on any atom is 0.416 e. The maximum atomic E-state index is 13.3. The van der Waals surface area contributed by atoms with Gasteiger partial charge in [0.05, 0.1) is 63.6 Å². The summed E-state index contributed by atoms with van der Waals surface area (Å²) in [4.78, 5) is 60.0. The summed E-state index contributed by atoms with van der Waals surface area (Å²) < 4.78 is 167. The van der Waals surface area contributed by atoms with Gasteiger partial charge in [0.15, 0.2) is 0 Å². The first kappa shape index (κ1) is 60.4. The molecule has 0 atom stereocenters. The Morgan fingerprint density at radius 1 is 0.570 bits per heavy atom. The number of methoxy groups -OCH3 is 1. The van der Waals surface area contributed by atoms with E-state index in [9.17, 15) is 71.9 Å². The molecular weight excluding hydrogens is 1160 g/mol. The number of benzene rings is 2. The molecule has 426 valence electrons. The molecule has 1 N–H and O–H groups in total. The number of aliphatic carboxylic acids is 1. The lowest BCUT2D eigenvalue weighted by Gasteiger charge is -2.31. The summed E-state index contributed by atoms with van der Waals surface area (Å²) in [6.07, 6.45) is -18.3. The predicted molar refractivity (Wildman–Crippen MR) is 263 cm³/mol. The van der Waals surface area contributed by atoms with E-state index in [1.54, 1.807) is 35.8 Å². The Hall–Kier alpha value is -6.26. The number of nitrogens with zero attached hydrogens (tertiary/aromatic N) is 8. The Morgan fingerprint density at radius 2 is 0.899 bits per heavy atom. The van der Waals surface area contributed by atoms with Gasteiger partial charge in [-0.1, -0.05) is 23.2 Å². The number of aromatic nitrogens is 6. The highest BCUT2D eigenvalue weighted by molar-refractivity contribution is 7.16. The van der Waals surface area contributed by atoms with Crippen LogP contribution in [0.25, 0.3) is 22.5 Å². The van der Waals surface area contributed by atoms with E-state index in [0.29, 0.717) is 109 Å². The molecule has 8 rings (SSSR count). The molecule has 0 aliphatic carbocycles. The Kier molecular flexibility index (Phi) is 18.2. The van der Waals surface area contributed by atoms with Gasteiger partial charge in [0, 0.05) is 60.5 Å². The van der Waals surface area contributed by atoms with Gasteiger partial charge in [0.1, 0.15) is 33.2 Å². The normalized spacial score (nSPS) is 15.1. The molecule has 2 saturated heterocycles. The van der Waals surface area contributed by atoms with Gasteiger partial charge in [-0.05, 0) is 88.1 Å². The first-order valence-electron chi connectivity index (χ1n) is 23.6. The van der Waals surface area contributed by atoms with Crippen molar-refractivity contribution in [1.82, 2.24) is 39.3 Å². The Morgan fingerprint density at radius 3 is 1.20 bits per heavy atom. The average Bonchev–Trinajstić information content (AvgIpc) is 4.14. The Bertz CT molecular complexity index is 3160. The van der Waals surface area contributed by atoms with Crippen molar-refractivity contribution in [3.63, 3.8) is 0 Å². The SMILES string of the molecule is COC(=O)Cc1cc(C)n(CC(=O)N2CCC(c3nc(-c4cc(C(F)(F)F)cc(C(F)(F)F)c4)c(Cl)s3)CC2)n1.Cc1cc(CC(=O)O)nn1CC(=O)N1CCC(c2nc(-c3cc(C(F)(F)F)cc(C(F)(F)F)c3)c(Cl)s2)CC1. The molecule has 0 bridgehead atoms. The largest absolute Gasteiger partial charge is 0.481 e. The van der Waals surface area contributed by atoms with Crippen molar-refractivity contribution < 1.29 is 81.7 Å². The van der Waals surface area contributed by atoms with Gasteiger partial charge in [-0.3, -0.25) is 28.5 Å². The number of rotatable bonds is 12. The Labute approximate surface area is 458 Å². The topological polar surface area (TPSA) is 166 Å². The molecule has 14 nitrogen and oxygen atoms in total. The molecule has 0 radical (unpaired) electrons. The van der Waals surface area contributed by atoms with Gasteiger partial charge in [-0.2, -0.15) is 62.9 Å². The van der Waals surface area contributed by atoms with Crippen molar-refractivity contribution in [3.05, 3.63) is 112 Å². The smallest absolute Gasteiger partial charge is 0.416 e. The summed E-state index contributed by atoms with van der Waals surface area (Å²) in [6.45, 7) is 4.81. The number of hydrogen-bond acceptors (Lipinski definition) is 11. The number of carbonyl (C=O) groups is 4. The molecule has 79 heavy (non-hydrogen) atoms. The second-order valence-corrected chi connectivity index (χ2v) is 21.7. The van der Waals surface area contributed by atoms with Gasteiger partial charge in [-0.25, -0.2) is 9.97 Å². The number of piperidine rings is 2. The lowest BCUT2D eigenvalue weighted by Crippen LogP contribution is -2.40. The van der Waals surface area contributed by atoms with Gasteiger partial charge in [-0.15, -0.1) is 22.7 Å². The second-order valence-electron chi connectivity index (χ2n) is 18.4. The first-order valence-corrected chi connectivity index (χ1v) is 26.0. The third-order valence-electron chi connectivity index (χ3n) is 12.8. The third-order valence-corrected chi connectivity index (χ3v) is 15.7. The lowest BCUT2D eigenvalue weighted by molar-refractivity contribution is -0.144. The number of carbonyl (C=O) groups excluding carboxylic acids is 3. The monoisotopic (exact) mass is 1200 g/mol. The van der Waals surface area contributed by atoms with Crippen LogP contribution in [0.2, 0.25) is 8.67 Å². The van der Waals surface area contributed by atoms with E-state index < -0.39 is 58.9 Å². The molecule has 2 amide bonds. The molecule has 4 aromatic heterocycles. The van der Waals surface area contributed by atoms with Crippen molar-refractivity contribution in [2.75, 3.05) is 33.3 Å². The minimum atomic E-state index is -4.99. The average molecular weight is 1200 g/mol. The number of likely N-dealkylation sites (tertiary alicyclic amines) is 2. The van der Waals surface area contributed by atoms with Crippen LogP contribution in [0.3, 0.4) is 0 Å². The number of hydrogen-bond donors (Lipinski definition) is 1. The highest BCUT2D eigenvalue weighted by Crippen LogP contribution is 2.45. The van der Waals surface area contributed by atoms with Crippen LogP contribution in [-0.4, -0.2) is 101 Å². The van der Waals surface area contributed by atoms with Crippen LogP contribution >= 0.6 is 45.9 Å². The summed E-state index contributed by atoms with van der Waals surface area (Å²) in [5, 5.41) is 18.3. The number of alkyl halides is 12. The van der Waals surface area contributed by atoms with Crippen LogP contribution in [0.15, 0.2) is 48.5 Å². The zero-order valence-corrected chi connectivity index (χ0v) is 44.6. The minimum absolute atomic E-state index is 0.0136. The molecule has 2 aliphatic rings. The van der Waals surface area contributed by atoms with E-state index in [4.69, 9.17) is 28.3 Å². The molecule has 30 heteroatoms. The molecule has 0 unspecified atom stereocenters. The van der Waals surface area contributed by atoms with Crippen LogP contribution in [0.4, 0.5) is 52.7 Å². The molecule has 2 aliphatic heterocycles. The quantitative estimate of drug-likeness (QED) is 0.0920. The van der Waals surface area contributed by atoms with Gasteiger partial charge >= 0.3 is 36.6 Å². The number of thiazole rings is 2. The van der Waals surface area contributed by atoms with Gasteiger partial charge in [0.2, 0.25) is 11.8 Å². The number of ether oxygens (including phenoxy) is 1. The summed E-state index contributed by atoms with van der Waals surface area (Å²) in [5.41, 5.74) is -4.68. The van der Waals surface area contributed by atoms with Crippen LogP contribution in [0, 0.1) is 13.8 Å². The second kappa shape index (κ2) is 23.8. The summed E-state index contributed by atoms with van der Waals surface area (Å²) in [5.74, 6) is -2.25. The number of carboxylic acid groups (broad SMARTS) is 1. The fraction of sp³-hybridized carbons (Fsp3) is 0.429. The molecule has 2 fully saturated rings. The van der Waals surface area contributed by atoms with E-state index in [1.165, 1.54) is 16.5 Å². The van der Waals surface area contributed by atoms with Crippen molar-refractivity contribution in [1.29, 1.82) is 0 Å². The van der Waals surface area contributed by atoms with E-state index in [1.807, 2.05) is 0 Å². The number of halogens is 14. The van der Waals surface area contributed by atoms with E-state index >= 15 is 0 Å². The number of amides is 2. The van der Waals surface area contributed by atoms with Crippen molar-refractivity contribution in [2.24, 2.45) is 0 Å². The highest BCUT2D eigenvalue weighted by atomic mass is 35.5. The summed E-state index contributed by atoms with van der Waals surface area (Å²) >= 11 is 14.5. The zero-order chi connectivity index (χ0) is 58.1. The number of carboxylic acids is 1. The molecule has 0 spiro atoms. The molecule has 2 aromatic carbocycles. The maximum absolute atomic E-state index is 13.3. The Balaban J connectivity index is 0.000000229.